The van der Waals surface area contributed by atoms with Gasteiger partial charge in [-0.2, -0.15) is 0 Å². The first kappa shape index (κ1) is 24.5. The summed E-state index contributed by atoms with van der Waals surface area (Å²) < 4.78 is 9.56. The molecule has 0 bridgehead atoms. The second-order valence-corrected chi connectivity index (χ2v) is 5.80. The monoisotopic (exact) mass is 390 g/mol. The van der Waals surface area contributed by atoms with E-state index in [4.69, 9.17) is 14.6 Å². The minimum atomic E-state index is -3.42. The van der Waals surface area contributed by atoms with E-state index in [-0.39, 0.29) is 0 Å². The maximum atomic E-state index is 12.6. The molecule has 0 rings (SSSR count). The molecule has 27 heavy (non-hydrogen) atoms. The smallest absolute Gasteiger partial charge is 0.304 e. The Labute approximate surface area is 154 Å². The van der Waals surface area contributed by atoms with E-state index < -0.39 is 65.1 Å². The van der Waals surface area contributed by atoms with E-state index in [1.165, 1.54) is 0 Å². The Bertz CT molecular complexity index is 667. The number of esters is 2. The molecule has 11 heteroatoms. The summed E-state index contributed by atoms with van der Waals surface area (Å²) in [5.41, 5.74) is -6.75. The molecule has 11 nitrogen and oxygen atoms in total. The summed E-state index contributed by atoms with van der Waals surface area (Å²) in [6, 6.07) is 0. The summed E-state index contributed by atoms with van der Waals surface area (Å²) in [6.45, 7) is 2.30. The topological polar surface area (TPSA) is 182 Å². The highest BCUT2D eigenvalue weighted by Gasteiger charge is 2.73. The molecule has 3 N–H and O–H groups in total. The minimum absolute atomic E-state index is 0.656. The van der Waals surface area contributed by atoms with Gasteiger partial charge in [0.05, 0.1) is 6.61 Å². The molecule has 0 aliphatic carbocycles. The van der Waals surface area contributed by atoms with Crippen LogP contribution in [0, 0.1) is 0 Å². The van der Waals surface area contributed by atoms with Crippen LogP contribution in [0.4, 0.5) is 0 Å². The average molecular weight is 390 g/mol. The van der Waals surface area contributed by atoms with Crippen LogP contribution < -0.4 is 0 Å². The first-order valence-corrected chi connectivity index (χ1v) is 7.65. The van der Waals surface area contributed by atoms with Crippen molar-refractivity contribution in [2.24, 2.45) is 0 Å². The Balaban J connectivity index is 7.41. The molecule has 0 aliphatic rings. The van der Waals surface area contributed by atoms with Gasteiger partial charge >= 0.3 is 11.9 Å². The van der Waals surface area contributed by atoms with Crippen molar-refractivity contribution in [3.63, 3.8) is 0 Å². The van der Waals surface area contributed by atoms with E-state index in [0.717, 1.165) is 13.8 Å². The van der Waals surface area contributed by atoms with Gasteiger partial charge in [-0.15, -0.1) is 0 Å². The van der Waals surface area contributed by atoms with Crippen molar-refractivity contribution in [2.75, 3.05) is 6.61 Å². The number of ether oxygens (including phenoxy) is 2. The third kappa shape index (κ3) is 4.26. The number of aliphatic hydroxyl groups excluding tert-OH is 3. The number of aliphatic hydroxyl groups is 3. The zero-order valence-electron chi connectivity index (χ0n) is 15.5. The van der Waals surface area contributed by atoms with Crippen LogP contribution in [-0.4, -0.2) is 80.4 Å². The molecule has 0 heterocycles. The van der Waals surface area contributed by atoms with Crippen LogP contribution in [0.15, 0.2) is 0 Å². The molecule has 0 aliphatic heterocycles. The van der Waals surface area contributed by atoms with E-state index in [9.17, 15) is 39.0 Å². The van der Waals surface area contributed by atoms with Crippen molar-refractivity contribution in [1.82, 2.24) is 0 Å². The van der Waals surface area contributed by atoms with Gasteiger partial charge in [0, 0.05) is 20.8 Å². The van der Waals surface area contributed by atoms with Crippen molar-refractivity contribution < 1.29 is 53.6 Å². The maximum Gasteiger partial charge on any atom is 0.304 e. The Morgan fingerprint density at radius 2 is 1.26 bits per heavy atom. The van der Waals surface area contributed by atoms with Gasteiger partial charge in [0.1, 0.15) is 12.2 Å². The molecule has 0 aromatic heterocycles. The molecule has 0 aromatic carbocycles. The van der Waals surface area contributed by atoms with E-state index in [1.54, 1.807) is 0 Å². The number of carbonyl (C=O) groups excluding carboxylic acids is 6. The van der Waals surface area contributed by atoms with Gasteiger partial charge in [-0.25, -0.2) is 0 Å². The van der Waals surface area contributed by atoms with Crippen molar-refractivity contribution in [3.05, 3.63) is 0 Å². The van der Waals surface area contributed by atoms with E-state index in [2.05, 4.69) is 0 Å². The van der Waals surface area contributed by atoms with Crippen LogP contribution in [-0.2, 0) is 38.2 Å². The molecule has 0 aromatic rings. The minimum Gasteiger partial charge on any atom is -0.443 e. The van der Waals surface area contributed by atoms with Gasteiger partial charge < -0.3 is 24.8 Å². The second-order valence-electron chi connectivity index (χ2n) is 5.80. The molecule has 0 spiro atoms. The number of hydrogen-bond acceptors (Lipinski definition) is 11. The number of carbonyl (C=O) groups is 6. The molecule has 0 fully saturated rings. The molecule has 0 radical (unpaired) electrons. The quantitative estimate of drug-likeness (QED) is 0.206. The van der Waals surface area contributed by atoms with Crippen LogP contribution >= 0.6 is 0 Å². The molecular formula is C16H22O11. The van der Waals surface area contributed by atoms with Crippen molar-refractivity contribution in [3.8, 4) is 0 Å². The highest BCUT2D eigenvalue weighted by atomic mass is 16.6. The number of ketones is 4. The van der Waals surface area contributed by atoms with Gasteiger partial charge in [0.15, 0.2) is 17.3 Å². The van der Waals surface area contributed by atoms with Gasteiger partial charge in [-0.05, 0) is 13.8 Å². The fourth-order valence-electron chi connectivity index (χ4n) is 2.71. The molecule has 3 unspecified atom stereocenters. The van der Waals surface area contributed by atoms with Gasteiger partial charge in [0.2, 0.25) is 0 Å². The number of Topliss-reactive ketones (excluding diaryl/α,β-unsaturated/α-hetero) is 4. The summed E-state index contributed by atoms with van der Waals surface area (Å²) in [5.74, 6) is -8.62. The van der Waals surface area contributed by atoms with Gasteiger partial charge in [-0.3, -0.25) is 28.8 Å². The predicted molar refractivity (Wildman–Crippen MR) is 85.1 cm³/mol. The third-order valence-corrected chi connectivity index (χ3v) is 3.75. The molecular weight excluding hydrogens is 368 g/mol. The Kier molecular flexibility index (Phi) is 8.10. The van der Waals surface area contributed by atoms with Crippen molar-refractivity contribution in [2.45, 2.75) is 58.0 Å². The van der Waals surface area contributed by atoms with Crippen LogP contribution in [0.3, 0.4) is 0 Å². The van der Waals surface area contributed by atoms with E-state index in [1.807, 2.05) is 0 Å². The Morgan fingerprint density at radius 1 is 0.815 bits per heavy atom. The average Bonchev–Trinajstić information content (AvgIpc) is 2.54. The second kappa shape index (κ2) is 8.93. The maximum absolute atomic E-state index is 12.6. The molecule has 0 saturated heterocycles. The van der Waals surface area contributed by atoms with Gasteiger partial charge in [0.25, 0.3) is 17.0 Å². The van der Waals surface area contributed by atoms with Crippen molar-refractivity contribution >= 4 is 35.1 Å². The Hall–Kier alpha value is -2.50. The predicted octanol–water partition coefficient (Wildman–Crippen LogP) is -2.36. The van der Waals surface area contributed by atoms with Crippen LogP contribution in [0.25, 0.3) is 0 Å². The van der Waals surface area contributed by atoms with Crippen LogP contribution in [0.2, 0.25) is 0 Å². The highest BCUT2D eigenvalue weighted by Crippen LogP contribution is 2.39. The molecule has 4 atom stereocenters. The first-order chi connectivity index (χ1) is 12.2. The first-order valence-electron chi connectivity index (χ1n) is 7.65. The number of hydrogen-bond donors (Lipinski definition) is 3. The lowest BCUT2D eigenvalue weighted by atomic mass is 9.68. The summed E-state index contributed by atoms with van der Waals surface area (Å²) in [4.78, 5) is 72.6. The molecule has 0 amide bonds. The largest absolute Gasteiger partial charge is 0.443 e. The fourth-order valence-corrected chi connectivity index (χ4v) is 2.71. The zero-order valence-corrected chi connectivity index (χ0v) is 15.5. The SMILES string of the molecule is CC(=O)OC(C(C)=O)(C(O)C(O)CO)[C@@](OC(C)=O)(C(C)=O)C(=O)C(C)=O. The summed E-state index contributed by atoms with van der Waals surface area (Å²) in [5, 5.41) is 29.4. The molecule has 152 valence electrons. The van der Waals surface area contributed by atoms with E-state index in [0.29, 0.717) is 20.8 Å². The molecule has 0 saturated carbocycles. The standard InChI is InChI=1S/C16H22O11/c1-7(18)13(24)15(8(2)19,26-10(4)21)16(9(3)20,27-11(5)22)14(25)12(23)6-17/h12,14,17,23,25H,6H2,1-5H3/t12?,14?,15-,16?/m1/s1. The summed E-state index contributed by atoms with van der Waals surface area (Å²) >= 11 is 0. The summed E-state index contributed by atoms with van der Waals surface area (Å²) in [7, 11) is 0. The normalized spacial score (nSPS) is 17.5. The van der Waals surface area contributed by atoms with Crippen LogP contribution in [0.5, 0.6) is 0 Å². The lowest BCUT2D eigenvalue weighted by molar-refractivity contribution is -0.236. The number of rotatable bonds is 10. The Morgan fingerprint density at radius 3 is 1.52 bits per heavy atom. The third-order valence-electron chi connectivity index (χ3n) is 3.75. The zero-order chi connectivity index (χ0) is 21.7. The lowest BCUT2D eigenvalue weighted by Crippen LogP contribution is -2.77. The van der Waals surface area contributed by atoms with Crippen molar-refractivity contribution in [1.29, 1.82) is 0 Å². The lowest BCUT2D eigenvalue weighted by Gasteiger charge is -2.46. The highest BCUT2D eigenvalue weighted by molar-refractivity contribution is 6.45. The fraction of sp³-hybridized carbons (Fsp3) is 0.625. The van der Waals surface area contributed by atoms with Gasteiger partial charge in [-0.1, -0.05) is 0 Å². The van der Waals surface area contributed by atoms with E-state index >= 15 is 0 Å². The summed E-state index contributed by atoms with van der Waals surface area (Å²) in [6.07, 6.45) is -4.84. The van der Waals surface area contributed by atoms with Crippen LogP contribution in [0.1, 0.15) is 34.6 Å².